The number of aliphatic hydroxyl groups is 1. The largest absolute Gasteiger partial charge is 0.396 e. The van der Waals surface area contributed by atoms with E-state index in [-0.39, 0.29) is 12.0 Å². The van der Waals surface area contributed by atoms with Crippen LogP contribution in [0.5, 0.6) is 0 Å². The molecule has 0 saturated carbocycles. The summed E-state index contributed by atoms with van der Waals surface area (Å²) >= 11 is 0.534. The van der Waals surface area contributed by atoms with E-state index in [1.165, 1.54) is 0 Å². The van der Waals surface area contributed by atoms with Crippen LogP contribution in [0.2, 0.25) is 0 Å². The maximum absolute atomic E-state index is 12.1. The molecule has 2 nitrogen and oxygen atoms in total. The Hall–Kier alpha value is -0.810. The third kappa shape index (κ3) is 5.37. The van der Waals surface area contributed by atoms with Crippen molar-refractivity contribution >= 4 is 17.4 Å². The first-order chi connectivity index (χ1) is 7.93. The molecule has 0 radical (unpaired) electrons. The number of halogens is 2. The van der Waals surface area contributed by atoms with Crippen LogP contribution in [0, 0.1) is 5.41 Å². The zero-order valence-corrected chi connectivity index (χ0v) is 10.7. The van der Waals surface area contributed by atoms with Gasteiger partial charge in [0.1, 0.15) is 0 Å². The lowest BCUT2D eigenvalue weighted by Crippen LogP contribution is -2.26. The topological polar surface area (TPSA) is 32.3 Å². The summed E-state index contributed by atoms with van der Waals surface area (Å²) in [6.07, 6.45) is 0. The third-order valence-electron chi connectivity index (χ3n) is 2.28. The first-order valence-corrected chi connectivity index (χ1v) is 6.20. The van der Waals surface area contributed by atoms with Gasteiger partial charge in [-0.15, -0.1) is 0 Å². The van der Waals surface area contributed by atoms with Crippen molar-refractivity contribution in [3.63, 3.8) is 0 Å². The Morgan fingerprint density at radius 1 is 1.29 bits per heavy atom. The van der Waals surface area contributed by atoms with Gasteiger partial charge in [0.15, 0.2) is 0 Å². The lowest BCUT2D eigenvalue weighted by atomic mass is 9.95. The summed E-state index contributed by atoms with van der Waals surface area (Å²) in [5.41, 5.74) is 0.668. The molecule has 0 bridgehead atoms. The lowest BCUT2D eigenvalue weighted by Gasteiger charge is -2.22. The van der Waals surface area contributed by atoms with E-state index in [0.717, 1.165) is 5.69 Å². The standard InChI is InChI=1S/C12H17F2NOS/c1-12(2,8-16)7-15-9-3-5-10(6-4-9)17-11(13)14/h3-6,11,15-16H,7-8H2,1-2H3. The molecule has 0 aliphatic rings. The number of alkyl halides is 2. The molecule has 5 heteroatoms. The van der Waals surface area contributed by atoms with Crippen LogP contribution < -0.4 is 5.32 Å². The Bertz CT molecular complexity index is 341. The van der Waals surface area contributed by atoms with Crippen LogP contribution in [0.15, 0.2) is 29.2 Å². The molecule has 0 heterocycles. The zero-order chi connectivity index (χ0) is 12.9. The average molecular weight is 261 g/mol. The Labute approximate surface area is 104 Å². The van der Waals surface area contributed by atoms with Crippen molar-refractivity contribution in [2.75, 3.05) is 18.5 Å². The number of rotatable bonds is 6. The van der Waals surface area contributed by atoms with Gasteiger partial charge < -0.3 is 10.4 Å². The van der Waals surface area contributed by atoms with Gasteiger partial charge in [-0.2, -0.15) is 8.78 Å². The van der Waals surface area contributed by atoms with Crippen LogP contribution in [0.3, 0.4) is 0 Å². The van der Waals surface area contributed by atoms with Crippen LogP contribution in [0.25, 0.3) is 0 Å². The second-order valence-electron chi connectivity index (χ2n) is 4.58. The highest BCUT2D eigenvalue weighted by atomic mass is 32.2. The monoisotopic (exact) mass is 261 g/mol. The number of benzene rings is 1. The predicted molar refractivity (Wildman–Crippen MR) is 67.7 cm³/mol. The van der Waals surface area contributed by atoms with E-state index in [1.807, 2.05) is 13.8 Å². The second kappa shape index (κ2) is 6.21. The van der Waals surface area contributed by atoms with Gasteiger partial charge in [0.25, 0.3) is 5.76 Å². The molecule has 17 heavy (non-hydrogen) atoms. The molecular formula is C12H17F2NOS. The summed E-state index contributed by atoms with van der Waals surface area (Å²) in [4.78, 5) is 0.548. The smallest absolute Gasteiger partial charge is 0.288 e. The molecule has 0 aliphatic heterocycles. The summed E-state index contributed by atoms with van der Waals surface area (Å²) in [5, 5.41) is 12.2. The number of nitrogens with one attached hydrogen (secondary N) is 1. The summed E-state index contributed by atoms with van der Waals surface area (Å²) < 4.78 is 24.2. The minimum atomic E-state index is -2.39. The summed E-state index contributed by atoms with van der Waals surface area (Å²) in [6.45, 7) is 4.62. The van der Waals surface area contributed by atoms with Crippen molar-refractivity contribution in [3.05, 3.63) is 24.3 Å². The number of anilines is 1. The highest BCUT2D eigenvalue weighted by Crippen LogP contribution is 2.26. The van der Waals surface area contributed by atoms with E-state index >= 15 is 0 Å². The molecule has 1 aromatic carbocycles. The van der Waals surface area contributed by atoms with E-state index in [1.54, 1.807) is 24.3 Å². The summed E-state index contributed by atoms with van der Waals surface area (Å²) in [6, 6.07) is 6.84. The lowest BCUT2D eigenvalue weighted by molar-refractivity contribution is 0.171. The van der Waals surface area contributed by atoms with Gasteiger partial charge in [-0.25, -0.2) is 0 Å². The van der Waals surface area contributed by atoms with Gasteiger partial charge in [0.05, 0.1) is 0 Å². The van der Waals surface area contributed by atoms with Crippen molar-refractivity contribution in [1.82, 2.24) is 0 Å². The molecule has 0 atom stereocenters. The van der Waals surface area contributed by atoms with E-state index < -0.39 is 5.76 Å². The molecule has 0 unspecified atom stereocenters. The Morgan fingerprint density at radius 2 is 1.88 bits per heavy atom. The van der Waals surface area contributed by atoms with Crippen molar-refractivity contribution in [1.29, 1.82) is 0 Å². The van der Waals surface area contributed by atoms with Crippen molar-refractivity contribution < 1.29 is 13.9 Å². The van der Waals surface area contributed by atoms with Gasteiger partial charge >= 0.3 is 0 Å². The SMILES string of the molecule is CC(C)(CO)CNc1ccc(SC(F)F)cc1. The number of hydrogen-bond acceptors (Lipinski definition) is 3. The Morgan fingerprint density at radius 3 is 2.35 bits per heavy atom. The molecule has 0 amide bonds. The normalized spacial score (nSPS) is 11.9. The fourth-order valence-corrected chi connectivity index (χ4v) is 1.65. The number of aliphatic hydroxyl groups excluding tert-OH is 1. The van der Waals surface area contributed by atoms with Gasteiger partial charge in [0, 0.05) is 29.1 Å². The fourth-order valence-electron chi connectivity index (χ4n) is 1.15. The van der Waals surface area contributed by atoms with Crippen molar-refractivity contribution in [2.24, 2.45) is 5.41 Å². The van der Waals surface area contributed by atoms with Gasteiger partial charge in [-0.3, -0.25) is 0 Å². The van der Waals surface area contributed by atoms with Gasteiger partial charge in [-0.1, -0.05) is 25.6 Å². The van der Waals surface area contributed by atoms with Crippen LogP contribution in [0.4, 0.5) is 14.5 Å². The average Bonchev–Trinajstić information content (AvgIpc) is 2.28. The highest BCUT2D eigenvalue weighted by molar-refractivity contribution is 7.99. The predicted octanol–water partition coefficient (Wildman–Crippen LogP) is 3.43. The fraction of sp³-hybridized carbons (Fsp3) is 0.500. The van der Waals surface area contributed by atoms with E-state index in [4.69, 9.17) is 5.11 Å². The maximum atomic E-state index is 12.1. The minimum absolute atomic E-state index is 0.0965. The number of hydrogen-bond donors (Lipinski definition) is 2. The third-order valence-corrected chi connectivity index (χ3v) is 3.00. The molecule has 0 saturated heterocycles. The summed E-state index contributed by atoms with van der Waals surface area (Å²) in [5.74, 6) is -2.39. The molecule has 96 valence electrons. The highest BCUT2D eigenvalue weighted by Gasteiger charge is 2.15. The second-order valence-corrected chi connectivity index (χ2v) is 5.64. The molecule has 2 N–H and O–H groups in total. The molecule has 0 aromatic heterocycles. The first kappa shape index (κ1) is 14.3. The Kier molecular flexibility index (Phi) is 5.21. The van der Waals surface area contributed by atoms with Crippen LogP contribution in [-0.4, -0.2) is 24.0 Å². The first-order valence-electron chi connectivity index (χ1n) is 5.32. The zero-order valence-electron chi connectivity index (χ0n) is 9.91. The minimum Gasteiger partial charge on any atom is -0.396 e. The molecular weight excluding hydrogens is 244 g/mol. The van der Waals surface area contributed by atoms with Crippen molar-refractivity contribution in [3.8, 4) is 0 Å². The molecule has 0 fully saturated rings. The van der Waals surface area contributed by atoms with E-state index in [0.29, 0.717) is 23.2 Å². The van der Waals surface area contributed by atoms with Gasteiger partial charge in [-0.05, 0) is 24.3 Å². The Balaban J connectivity index is 2.51. The number of thioether (sulfide) groups is 1. The maximum Gasteiger partial charge on any atom is 0.288 e. The molecule has 0 spiro atoms. The molecule has 1 rings (SSSR count). The van der Waals surface area contributed by atoms with Crippen LogP contribution in [-0.2, 0) is 0 Å². The quantitative estimate of drug-likeness (QED) is 0.769. The van der Waals surface area contributed by atoms with Gasteiger partial charge in [0.2, 0.25) is 0 Å². The molecule has 1 aromatic rings. The van der Waals surface area contributed by atoms with Crippen molar-refractivity contribution in [2.45, 2.75) is 24.5 Å². The summed E-state index contributed by atoms with van der Waals surface area (Å²) in [7, 11) is 0. The van der Waals surface area contributed by atoms with E-state index in [2.05, 4.69) is 5.32 Å². The molecule has 0 aliphatic carbocycles. The van der Waals surface area contributed by atoms with Crippen LogP contribution in [0.1, 0.15) is 13.8 Å². The van der Waals surface area contributed by atoms with Crippen LogP contribution >= 0.6 is 11.8 Å². The van der Waals surface area contributed by atoms with E-state index in [9.17, 15) is 8.78 Å².